The Balaban J connectivity index is 2.80. The molecule has 0 aliphatic rings. The summed E-state index contributed by atoms with van der Waals surface area (Å²) < 4.78 is 18.3. The van der Waals surface area contributed by atoms with Crippen LogP contribution in [0.3, 0.4) is 0 Å². The van der Waals surface area contributed by atoms with Gasteiger partial charge in [-0.2, -0.15) is 0 Å². The van der Waals surface area contributed by atoms with E-state index in [1.54, 1.807) is 19.2 Å². The third-order valence-corrected chi connectivity index (χ3v) is 2.60. The number of amides is 1. The van der Waals surface area contributed by atoms with Gasteiger partial charge in [0.05, 0.1) is 13.0 Å². The van der Waals surface area contributed by atoms with E-state index in [-0.39, 0.29) is 24.1 Å². The first kappa shape index (κ1) is 13.4. The Labute approximate surface area is 100.0 Å². The highest BCUT2D eigenvalue weighted by Crippen LogP contribution is 2.19. The van der Waals surface area contributed by atoms with Crippen LogP contribution in [0.1, 0.15) is 5.56 Å². The van der Waals surface area contributed by atoms with Crippen molar-refractivity contribution in [2.75, 3.05) is 20.7 Å². The minimum Gasteiger partial charge on any atom is -0.494 e. The van der Waals surface area contributed by atoms with Gasteiger partial charge in [0.2, 0.25) is 5.91 Å². The number of carbonyl (C=O) groups excluding carboxylic acids is 1. The van der Waals surface area contributed by atoms with E-state index in [0.29, 0.717) is 6.42 Å². The van der Waals surface area contributed by atoms with E-state index >= 15 is 0 Å². The first-order valence-corrected chi connectivity index (χ1v) is 5.36. The molecule has 4 nitrogen and oxygen atoms in total. The van der Waals surface area contributed by atoms with Crippen molar-refractivity contribution < 1.29 is 13.9 Å². The van der Waals surface area contributed by atoms with Crippen molar-refractivity contribution in [3.05, 3.63) is 29.6 Å². The van der Waals surface area contributed by atoms with Gasteiger partial charge in [0.15, 0.2) is 11.6 Å². The van der Waals surface area contributed by atoms with Crippen LogP contribution in [-0.4, -0.2) is 26.6 Å². The van der Waals surface area contributed by atoms with Crippen molar-refractivity contribution in [1.29, 1.82) is 0 Å². The van der Waals surface area contributed by atoms with E-state index in [0.717, 1.165) is 5.56 Å². The average molecular weight is 240 g/mol. The lowest BCUT2D eigenvalue weighted by Crippen LogP contribution is -2.34. The standard InChI is InChI=1S/C12H17FN2O2/c1-15-12(16)9(7-14)5-8-3-4-11(17-2)10(13)6-8/h3-4,6,9H,5,7,14H2,1-2H3,(H,15,16). The Morgan fingerprint density at radius 2 is 2.29 bits per heavy atom. The summed E-state index contributed by atoms with van der Waals surface area (Å²) in [6, 6.07) is 4.64. The van der Waals surface area contributed by atoms with Crippen LogP contribution in [0.25, 0.3) is 0 Å². The maximum absolute atomic E-state index is 13.4. The van der Waals surface area contributed by atoms with Gasteiger partial charge in [0.25, 0.3) is 0 Å². The molecular weight excluding hydrogens is 223 g/mol. The lowest BCUT2D eigenvalue weighted by Gasteiger charge is -2.13. The molecule has 1 amide bonds. The van der Waals surface area contributed by atoms with Crippen molar-refractivity contribution in [3.8, 4) is 5.75 Å². The van der Waals surface area contributed by atoms with Gasteiger partial charge >= 0.3 is 0 Å². The van der Waals surface area contributed by atoms with E-state index in [2.05, 4.69) is 5.32 Å². The van der Waals surface area contributed by atoms with Crippen LogP contribution < -0.4 is 15.8 Å². The summed E-state index contributed by atoms with van der Waals surface area (Å²) in [6.45, 7) is 0.229. The number of carbonyl (C=O) groups is 1. The van der Waals surface area contributed by atoms with E-state index in [1.807, 2.05) is 0 Å². The summed E-state index contributed by atoms with van der Waals surface area (Å²) in [4.78, 5) is 11.4. The predicted molar refractivity (Wildman–Crippen MR) is 63.3 cm³/mol. The SMILES string of the molecule is CNC(=O)C(CN)Cc1ccc(OC)c(F)c1. The third-order valence-electron chi connectivity index (χ3n) is 2.60. The van der Waals surface area contributed by atoms with Crippen LogP contribution in [0.2, 0.25) is 0 Å². The molecular formula is C12H17FN2O2. The second-order valence-corrected chi connectivity index (χ2v) is 3.72. The summed E-state index contributed by atoms with van der Waals surface area (Å²) in [7, 11) is 2.96. The average Bonchev–Trinajstić information content (AvgIpc) is 2.35. The molecule has 1 atom stereocenters. The zero-order valence-corrected chi connectivity index (χ0v) is 10.00. The van der Waals surface area contributed by atoms with Gasteiger partial charge in [-0.3, -0.25) is 4.79 Å². The molecule has 94 valence electrons. The molecule has 0 aliphatic heterocycles. The summed E-state index contributed by atoms with van der Waals surface area (Å²) >= 11 is 0. The van der Waals surface area contributed by atoms with E-state index in [4.69, 9.17) is 10.5 Å². The molecule has 17 heavy (non-hydrogen) atoms. The molecule has 3 N–H and O–H groups in total. The maximum Gasteiger partial charge on any atom is 0.224 e. The highest BCUT2D eigenvalue weighted by atomic mass is 19.1. The Kier molecular flexibility index (Phi) is 4.90. The minimum absolute atomic E-state index is 0.135. The van der Waals surface area contributed by atoms with Crippen molar-refractivity contribution in [1.82, 2.24) is 5.32 Å². The van der Waals surface area contributed by atoms with E-state index in [9.17, 15) is 9.18 Å². The lowest BCUT2D eigenvalue weighted by molar-refractivity contribution is -0.124. The molecule has 0 saturated heterocycles. The van der Waals surface area contributed by atoms with Gasteiger partial charge < -0.3 is 15.8 Å². The highest BCUT2D eigenvalue weighted by Gasteiger charge is 2.16. The molecule has 0 spiro atoms. The number of hydrogen-bond acceptors (Lipinski definition) is 3. The molecule has 1 aromatic rings. The lowest BCUT2D eigenvalue weighted by atomic mass is 9.98. The van der Waals surface area contributed by atoms with Crippen LogP contribution in [-0.2, 0) is 11.2 Å². The molecule has 1 aromatic carbocycles. The summed E-state index contributed by atoms with van der Waals surface area (Å²) in [5, 5.41) is 2.54. The molecule has 0 radical (unpaired) electrons. The molecule has 0 heterocycles. The van der Waals surface area contributed by atoms with Crippen LogP contribution in [0.5, 0.6) is 5.75 Å². The number of halogens is 1. The molecule has 0 aliphatic carbocycles. The fraction of sp³-hybridized carbons (Fsp3) is 0.417. The van der Waals surface area contributed by atoms with Crippen LogP contribution >= 0.6 is 0 Å². The second-order valence-electron chi connectivity index (χ2n) is 3.72. The molecule has 1 rings (SSSR count). The van der Waals surface area contributed by atoms with Gasteiger partial charge in [-0.1, -0.05) is 6.07 Å². The van der Waals surface area contributed by atoms with Crippen LogP contribution in [0.4, 0.5) is 4.39 Å². The monoisotopic (exact) mass is 240 g/mol. The fourth-order valence-electron chi connectivity index (χ4n) is 1.61. The number of ether oxygens (including phenoxy) is 1. The van der Waals surface area contributed by atoms with Gasteiger partial charge in [-0.05, 0) is 24.1 Å². The Morgan fingerprint density at radius 3 is 2.76 bits per heavy atom. The summed E-state index contributed by atoms with van der Waals surface area (Å²) in [5.74, 6) is -0.716. The molecule has 0 fully saturated rings. The van der Waals surface area contributed by atoms with Gasteiger partial charge in [-0.15, -0.1) is 0 Å². The highest BCUT2D eigenvalue weighted by molar-refractivity contribution is 5.78. The van der Waals surface area contributed by atoms with Gasteiger partial charge in [-0.25, -0.2) is 4.39 Å². The fourth-order valence-corrected chi connectivity index (χ4v) is 1.61. The Bertz CT molecular complexity index is 396. The van der Waals surface area contributed by atoms with E-state index in [1.165, 1.54) is 13.2 Å². The largest absolute Gasteiger partial charge is 0.494 e. The zero-order chi connectivity index (χ0) is 12.8. The topological polar surface area (TPSA) is 64.4 Å². The smallest absolute Gasteiger partial charge is 0.224 e. The maximum atomic E-state index is 13.4. The van der Waals surface area contributed by atoms with Crippen molar-refractivity contribution >= 4 is 5.91 Å². The molecule has 0 bridgehead atoms. The quantitative estimate of drug-likeness (QED) is 0.796. The first-order chi connectivity index (χ1) is 8.12. The molecule has 1 unspecified atom stereocenters. The first-order valence-electron chi connectivity index (χ1n) is 5.36. The molecule has 0 saturated carbocycles. The predicted octanol–water partition coefficient (Wildman–Crippen LogP) is 0.698. The van der Waals surface area contributed by atoms with Gasteiger partial charge in [0.1, 0.15) is 0 Å². The molecule has 5 heteroatoms. The van der Waals surface area contributed by atoms with Crippen molar-refractivity contribution in [2.24, 2.45) is 11.7 Å². The van der Waals surface area contributed by atoms with E-state index < -0.39 is 5.82 Å². The zero-order valence-electron chi connectivity index (χ0n) is 10.00. The summed E-state index contributed by atoms with van der Waals surface area (Å²) in [5.41, 5.74) is 6.24. The summed E-state index contributed by atoms with van der Waals surface area (Å²) in [6.07, 6.45) is 0.414. The number of nitrogens with one attached hydrogen (secondary N) is 1. The van der Waals surface area contributed by atoms with Crippen molar-refractivity contribution in [3.63, 3.8) is 0 Å². The number of methoxy groups -OCH3 is 1. The third kappa shape index (κ3) is 3.42. The van der Waals surface area contributed by atoms with Crippen molar-refractivity contribution in [2.45, 2.75) is 6.42 Å². The number of nitrogens with two attached hydrogens (primary N) is 1. The Hall–Kier alpha value is -1.62. The molecule has 0 aromatic heterocycles. The Morgan fingerprint density at radius 1 is 1.59 bits per heavy atom. The number of hydrogen-bond donors (Lipinski definition) is 2. The van der Waals surface area contributed by atoms with Crippen LogP contribution in [0.15, 0.2) is 18.2 Å². The minimum atomic E-state index is -0.433. The second kappa shape index (κ2) is 6.20. The number of benzene rings is 1. The van der Waals surface area contributed by atoms with Gasteiger partial charge in [0, 0.05) is 13.6 Å². The normalized spacial score (nSPS) is 12.0. The number of rotatable bonds is 5. The van der Waals surface area contributed by atoms with Crippen LogP contribution in [0, 0.1) is 11.7 Å².